The van der Waals surface area contributed by atoms with Gasteiger partial charge in [-0.15, -0.1) is 10.2 Å². The van der Waals surface area contributed by atoms with Crippen molar-refractivity contribution >= 4 is 23.6 Å². The summed E-state index contributed by atoms with van der Waals surface area (Å²) in [6.07, 6.45) is 1.65. The van der Waals surface area contributed by atoms with Crippen molar-refractivity contribution in [2.75, 3.05) is 14.2 Å². The van der Waals surface area contributed by atoms with E-state index in [4.69, 9.17) is 9.47 Å². The van der Waals surface area contributed by atoms with Gasteiger partial charge in [-0.25, -0.2) is 14.3 Å². The highest BCUT2D eigenvalue weighted by atomic mass is 16.5. The van der Waals surface area contributed by atoms with Gasteiger partial charge >= 0.3 is 11.9 Å². The Balaban J connectivity index is 2.07. The van der Waals surface area contributed by atoms with E-state index >= 15 is 0 Å². The summed E-state index contributed by atoms with van der Waals surface area (Å²) in [6, 6.07) is 18.2. The summed E-state index contributed by atoms with van der Waals surface area (Å²) in [7, 11) is 4.12. The van der Waals surface area contributed by atoms with Crippen LogP contribution in [-0.4, -0.2) is 56.1 Å². The van der Waals surface area contributed by atoms with Crippen LogP contribution in [0.25, 0.3) is 17.3 Å². The normalized spacial score (nSPS) is 11.3. The van der Waals surface area contributed by atoms with Gasteiger partial charge in [0.05, 0.1) is 27.0 Å². The zero-order valence-electron chi connectivity index (χ0n) is 18.2. The van der Waals surface area contributed by atoms with E-state index in [0.29, 0.717) is 17.1 Å². The van der Waals surface area contributed by atoms with Gasteiger partial charge < -0.3 is 9.47 Å². The topological polar surface area (TPSA) is 114 Å². The minimum Gasteiger partial charge on any atom is -0.465 e. The Bertz CT molecular complexity index is 1330. The first-order chi connectivity index (χ1) is 16.0. The van der Waals surface area contributed by atoms with Crippen LogP contribution >= 0.6 is 0 Å². The van der Waals surface area contributed by atoms with Crippen molar-refractivity contribution in [2.45, 2.75) is 0 Å². The molecule has 0 aliphatic rings. The van der Waals surface area contributed by atoms with E-state index in [1.54, 1.807) is 37.4 Å². The number of carbonyl (C=O) groups is 2. The van der Waals surface area contributed by atoms with Crippen molar-refractivity contribution < 1.29 is 19.1 Å². The van der Waals surface area contributed by atoms with Gasteiger partial charge in [-0.1, -0.05) is 48.5 Å². The highest BCUT2D eigenvalue weighted by Crippen LogP contribution is 2.31. The zero-order chi connectivity index (χ0) is 23.4. The van der Waals surface area contributed by atoms with Crippen LogP contribution in [0, 0.1) is 0 Å². The standard InChI is InChI=1S/C23H20N6O4/c1-28-25-18(24-27-28)14-17(15-10-6-4-7-11-15)20-19(22(30)32-2)21(23(31)33-3)29(26-20)16-12-8-5-9-13-16/h4-14H,1-3H3/b17-14-. The highest BCUT2D eigenvalue weighted by Gasteiger charge is 2.32. The Labute approximate surface area is 189 Å². The molecule has 33 heavy (non-hydrogen) atoms. The van der Waals surface area contributed by atoms with Crippen LogP contribution in [-0.2, 0) is 16.5 Å². The summed E-state index contributed by atoms with van der Waals surface area (Å²) in [5.41, 5.74) is 1.92. The fourth-order valence-corrected chi connectivity index (χ4v) is 3.34. The van der Waals surface area contributed by atoms with E-state index in [2.05, 4.69) is 20.5 Å². The average Bonchev–Trinajstić information content (AvgIpc) is 3.46. The van der Waals surface area contributed by atoms with Crippen LogP contribution in [0.15, 0.2) is 60.7 Å². The third-order valence-electron chi connectivity index (χ3n) is 4.79. The number of carbonyl (C=O) groups excluding carboxylic acids is 2. The summed E-state index contributed by atoms with van der Waals surface area (Å²) >= 11 is 0. The molecule has 0 aliphatic heterocycles. The lowest BCUT2D eigenvalue weighted by molar-refractivity contribution is 0.0549. The minimum atomic E-state index is -0.735. The summed E-state index contributed by atoms with van der Waals surface area (Å²) < 4.78 is 11.4. The van der Waals surface area contributed by atoms with E-state index in [1.807, 2.05) is 36.4 Å². The number of para-hydroxylation sites is 1. The van der Waals surface area contributed by atoms with Gasteiger partial charge in [-0.05, 0) is 29.0 Å². The second kappa shape index (κ2) is 9.27. The molecule has 2 aromatic heterocycles. The van der Waals surface area contributed by atoms with Crippen LogP contribution in [0.3, 0.4) is 0 Å². The number of methoxy groups -OCH3 is 2. The lowest BCUT2D eigenvalue weighted by Crippen LogP contribution is -2.15. The second-order valence-corrected chi connectivity index (χ2v) is 6.86. The molecule has 10 nitrogen and oxygen atoms in total. The smallest absolute Gasteiger partial charge is 0.357 e. The Morgan fingerprint density at radius 1 is 0.879 bits per heavy atom. The summed E-state index contributed by atoms with van der Waals surface area (Å²) in [5.74, 6) is -1.16. The lowest BCUT2D eigenvalue weighted by Gasteiger charge is -2.08. The first-order valence-electron chi connectivity index (χ1n) is 9.90. The summed E-state index contributed by atoms with van der Waals surface area (Å²) in [4.78, 5) is 27.1. The maximum Gasteiger partial charge on any atom is 0.357 e. The lowest BCUT2D eigenvalue weighted by atomic mass is 9.98. The molecule has 0 fully saturated rings. The highest BCUT2D eigenvalue weighted by molar-refractivity contribution is 6.08. The molecule has 2 aromatic carbocycles. The minimum absolute atomic E-state index is 0.0350. The number of nitrogens with zero attached hydrogens (tertiary/aromatic N) is 6. The third-order valence-corrected chi connectivity index (χ3v) is 4.79. The number of hydrogen-bond donors (Lipinski definition) is 0. The predicted octanol–water partition coefficient (Wildman–Crippen LogP) is 2.56. The number of ether oxygens (including phenoxy) is 2. The number of aryl methyl sites for hydroxylation is 1. The van der Waals surface area contributed by atoms with Crippen molar-refractivity contribution in [1.29, 1.82) is 0 Å². The van der Waals surface area contributed by atoms with E-state index in [1.165, 1.54) is 23.7 Å². The van der Waals surface area contributed by atoms with Gasteiger partial charge in [-0.3, -0.25) is 0 Å². The molecule has 0 radical (unpaired) electrons. The molecule has 4 aromatic rings. The number of esters is 2. The van der Waals surface area contributed by atoms with Crippen molar-refractivity contribution in [3.8, 4) is 5.69 Å². The van der Waals surface area contributed by atoms with Crippen molar-refractivity contribution in [3.63, 3.8) is 0 Å². The first kappa shape index (κ1) is 21.6. The molecule has 0 N–H and O–H groups in total. The van der Waals surface area contributed by atoms with Crippen LogP contribution in [0.1, 0.15) is 37.9 Å². The number of tetrazole rings is 1. The molecular formula is C23H20N6O4. The van der Waals surface area contributed by atoms with Crippen molar-refractivity contribution in [3.05, 3.63) is 89.0 Å². The molecule has 0 saturated heterocycles. The molecule has 2 heterocycles. The number of hydrogen-bond acceptors (Lipinski definition) is 8. The largest absolute Gasteiger partial charge is 0.465 e. The summed E-state index contributed by atoms with van der Waals surface area (Å²) in [5, 5.41) is 16.8. The van der Waals surface area contributed by atoms with Gasteiger partial charge in [0.15, 0.2) is 11.5 Å². The molecule has 0 amide bonds. The Kier molecular flexibility index (Phi) is 6.07. The molecule has 0 spiro atoms. The molecule has 0 atom stereocenters. The SMILES string of the molecule is COC(=O)c1c(/C(=C\c2nnn(C)n2)c2ccccc2)nn(-c2ccccc2)c1C(=O)OC. The monoisotopic (exact) mass is 444 g/mol. The number of rotatable bonds is 6. The summed E-state index contributed by atoms with van der Waals surface area (Å²) in [6.45, 7) is 0. The maximum absolute atomic E-state index is 13.0. The van der Waals surface area contributed by atoms with Gasteiger partial charge in [-0.2, -0.15) is 9.90 Å². The molecule has 0 aliphatic carbocycles. The van der Waals surface area contributed by atoms with E-state index < -0.39 is 11.9 Å². The van der Waals surface area contributed by atoms with E-state index in [0.717, 1.165) is 5.56 Å². The fourth-order valence-electron chi connectivity index (χ4n) is 3.34. The molecule has 10 heteroatoms. The second-order valence-electron chi connectivity index (χ2n) is 6.86. The van der Waals surface area contributed by atoms with E-state index in [9.17, 15) is 9.59 Å². The van der Waals surface area contributed by atoms with Crippen LogP contribution < -0.4 is 0 Å². The third kappa shape index (κ3) is 4.26. The zero-order valence-corrected chi connectivity index (χ0v) is 18.2. The van der Waals surface area contributed by atoms with Gasteiger partial charge in [0.25, 0.3) is 0 Å². The molecule has 0 saturated carbocycles. The Hall–Kier alpha value is -4.60. The Morgan fingerprint density at radius 3 is 2.09 bits per heavy atom. The van der Waals surface area contributed by atoms with Gasteiger partial charge in [0.2, 0.25) is 0 Å². The van der Waals surface area contributed by atoms with Crippen molar-refractivity contribution in [2.24, 2.45) is 7.05 Å². The van der Waals surface area contributed by atoms with Crippen LogP contribution in [0.2, 0.25) is 0 Å². The molecule has 0 unspecified atom stereocenters. The maximum atomic E-state index is 13.0. The van der Waals surface area contributed by atoms with Gasteiger partial charge in [0.1, 0.15) is 11.3 Å². The number of aromatic nitrogens is 6. The predicted molar refractivity (Wildman–Crippen MR) is 118 cm³/mol. The van der Waals surface area contributed by atoms with Crippen molar-refractivity contribution in [1.82, 2.24) is 30.0 Å². The van der Waals surface area contributed by atoms with Gasteiger partial charge in [0, 0.05) is 5.57 Å². The number of benzene rings is 2. The molecular weight excluding hydrogens is 424 g/mol. The first-order valence-corrected chi connectivity index (χ1v) is 9.90. The Morgan fingerprint density at radius 2 is 1.52 bits per heavy atom. The fraction of sp³-hybridized carbons (Fsp3) is 0.130. The average molecular weight is 444 g/mol. The molecule has 4 rings (SSSR count). The van der Waals surface area contributed by atoms with Crippen LogP contribution in [0.4, 0.5) is 0 Å². The molecule has 0 bridgehead atoms. The van der Waals surface area contributed by atoms with Crippen LogP contribution in [0.5, 0.6) is 0 Å². The van der Waals surface area contributed by atoms with E-state index in [-0.39, 0.29) is 17.0 Å². The molecule has 166 valence electrons. The quantitative estimate of drug-likeness (QED) is 0.417.